The number of H-pyrrole nitrogens is 1. The molecule has 32 heteroatoms. The van der Waals surface area contributed by atoms with Gasteiger partial charge in [0.15, 0.2) is 40.8 Å². The van der Waals surface area contributed by atoms with Crippen LogP contribution in [0.5, 0.6) is 0 Å². The highest BCUT2D eigenvalue weighted by Crippen LogP contribution is 2.31. The Hall–Kier alpha value is -10.0. The van der Waals surface area contributed by atoms with E-state index < -0.39 is 222 Å². The number of aliphatic carboxylic acids is 1. The highest BCUT2D eigenvalue weighted by molar-refractivity contribution is 8.00. The van der Waals surface area contributed by atoms with Crippen LogP contribution in [0.2, 0.25) is 0 Å². The smallest absolute Gasteiger partial charge is 0.305 e. The van der Waals surface area contributed by atoms with E-state index in [4.69, 9.17) is 28.7 Å². The molecule has 3 aromatic rings. The van der Waals surface area contributed by atoms with Crippen LogP contribution < -0.4 is 60.6 Å². The first-order chi connectivity index (χ1) is 53.9. The lowest BCUT2D eigenvalue weighted by Gasteiger charge is -2.30. The maximum Gasteiger partial charge on any atom is 0.305 e. The summed E-state index contributed by atoms with van der Waals surface area (Å²) in [5.41, 5.74) is 29.7. The molecule has 0 spiro atoms. The van der Waals surface area contributed by atoms with Gasteiger partial charge in [-0.2, -0.15) is 0 Å². The highest BCUT2D eigenvalue weighted by atomic mass is 32.2. The second-order valence-electron chi connectivity index (χ2n) is 31.3. The Morgan fingerprint density at radius 2 is 1.00 bits per heavy atom. The lowest BCUT2D eigenvalue weighted by molar-refractivity contribution is -0.142. The fourth-order valence-corrected chi connectivity index (χ4v) is 14.7. The maximum absolute atomic E-state index is 15.1. The van der Waals surface area contributed by atoms with Crippen molar-refractivity contribution >= 4 is 111 Å². The van der Waals surface area contributed by atoms with Gasteiger partial charge in [0.1, 0.15) is 17.6 Å². The first kappa shape index (κ1) is 96.4. The molecule has 4 rings (SSSR count). The number of aliphatic imine (C=N–C) groups is 2. The van der Waals surface area contributed by atoms with Crippen LogP contribution in [0.25, 0.3) is 0 Å². The summed E-state index contributed by atoms with van der Waals surface area (Å²) in [6.07, 6.45) is -1.24. The summed E-state index contributed by atoms with van der Waals surface area (Å²) in [7, 11) is 0. The summed E-state index contributed by atoms with van der Waals surface area (Å²) in [5, 5.41) is 26.9. The van der Waals surface area contributed by atoms with Crippen molar-refractivity contribution in [2.75, 3.05) is 24.6 Å². The monoisotopic (exact) mass is 1610 g/mol. The Bertz CT molecular complexity index is 3770. The molecule has 0 aliphatic carbocycles. The first-order valence-electron chi connectivity index (χ1n) is 39.6. The Morgan fingerprint density at radius 3 is 1.53 bits per heavy atom. The van der Waals surface area contributed by atoms with Gasteiger partial charge in [0.05, 0.1) is 54.6 Å². The van der Waals surface area contributed by atoms with Crippen LogP contribution in [0.15, 0.2) is 83.2 Å². The number of nitrogens with zero attached hydrogens (tertiary/aromatic N) is 3. The van der Waals surface area contributed by atoms with Gasteiger partial charge in [0, 0.05) is 118 Å². The van der Waals surface area contributed by atoms with Gasteiger partial charge in [-0.15, -0.1) is 11.8 Å². The number of amides is 7. The Balaban J connectivity index is 1.95. The van der Waals surface area contributed by atoms with Crippen LogP contribution in [0.4, 0.5) is 0 Å². The number of guanidine groups is 2. The number of hydrogen-bond acceptors (Lipinski definition) is 19. The number of rotatable bonds is 28. The summed E-state index contributed by atoms with van der Waals surface area (Å²) >= 11 is 0.914. The number of nitrogens with two attached hydrogens (primary N) is 5. The largest absolute Gasteiger partial charge is 0.481 e. The number of nitrogens with one attached hydrogen (secondary N) is 7. The molecule has 2 aromatic carbocycles. The average Bonchev–Trinajstić information content (AvgIpc) is 0.938. The summed E-state index contributed by atoms with van der Waals surface area (Å²) < 4.78 is 0. The third-order valence-electron chi connectivity index (χ3n) is 21.0. The van der Waals surface area contributed by atoms with Crippen LogP contribution >= 0.6 is 11.8 Å². The number of thioether (sulfide) groups is 1. The van der Waals surface area contributed by atoms with E-state index in [1.807, 2.05) is 27.7 Å². The fourth-order valence-electron chi connectivity index (χ4n) is 13.9. The molecule has 31 nitrogen and oxygen atoms in total. The molecule has 0 saturated carbocycles. The van der Waals surface area contributed by atoms with Crippen LogP contribution in [-0.2, 0) is 91.2 Å². The Morgan fingerprint density at radius 1 is 0.509 bits per heavy atom. The number of benzene rings is 2. The summed E-state index contributed by atoms with van der Waals surface area (Å²) in [5.74, 6) is -21.5. The fraction of sp³-hybridized carbons (Fsp3) is 0.610. The van der Waals surface area contributed by atoms with E-state index in [0.29, 0.717) is 29.7 Å². The van der Waals surface area contributed by atoms with Gasteiger partial charge in [0.2, 0.25) is 41.4 Å². The molecule has 14 atom stereocenters. The minimum absolute atomic E-state index is 0.00142. The van der Waals surface area contributed by atoms with E-state index in [1.165, 1.54) is 12.5 Å². The predicted octanol–water partition coefficient (Wildman–Crippen LogP) is 4.41. The van der Waals surface area contributed by atoms with Gasteiger partial charge in [-0.05, 0) is 85.7 Å². The number of carbonyl (C=O) groups is 15. The zero-order valence-corrected chi connectivity index (χ0v) is 68.5. The van der Waals surface area contributed by atoms with Crippen molar-refractivity contribution in [1.29, 1.82) is 0 Å². The molecule has 114 heavy (non-hydrogen) atoms. The molecule has 0 bridgehead atoms. The number of ketones is 7. The maximum atomic E-state index is 15.1. The molecule has 1 aromatic heterocycles. The van der Waals surface area contributed by atoms with Crippen molar-refractivity contribution in [2.24, 2.45) is 104 Å². The lowest BCUT2D eigenvalue weighted by atomic mass is 9.75. The molecular formula is C82H123N15O16S. The van der Waals surface area contributed by atoms with Crippen molar-refractivity contribution in [2.45, 2.75) is 227 Å². The normalized spacial score (nSPS) is 24.1. The molecule has 1 fully saturated rings. The van der Waals surface area contributed by atoms with Gasteiger partial charge < -0.3 is 70.7 Å². The molecule has 7 amide bonds. The van der Waals surface area contributed by atoms with Crippen LogP contribution in [0.3, 0.4) is 0 Å². The first-order valence-corrected chi connectivity index (χ1v) is 40.8. The second-order valence-corrected chi connectivity index (χ2v) is 32.3. The Kier molecular flexibility index (Phi) is 41.9. The third kappa shape index (κ3) is 34.4. The number of aromatic amines is 1. The summed E-state index contributed by atoms with van der Waals surface area (Å²) in [6, 6.07) is 8.89. The third-order valence-corrected chi connectivity index (χ3v) is 22.0. The SMILES string of the molecule is CC[C@H](C)[C@@H]1CC(=O)[C@H](C(C)C)CC(=O)[C@H]([C@@H](C)CC)NC(=O)[C@H](CC(C)C)CC(=O)[C@H](Cc2ccccc2)NC(=O)CSC[C@@H](C(=O)CCC(N)=O)NC(=O)[C@H](CCCN=C(N)N)CC(=O)[C@H](Cc2ccccc2)NC(=O)[C@H](C(C)C)CC(=O)[C@H](CCCN=C(N)N)NC(=O)[C@H](CC(=O)O)NC(=O)[C@H](Cc2cnc[nH]2)CC1=O. The standard InChI is InChI=1S/C82H123N15O16S/c1-11-49(9)59-40-67(100)57(47(5)6)38-71(104)75(50(10)12-2)97-78(111)54(31-46(3)4)37-69(102)61(32-51-21-15-13-16-22-51)92-73(106)44-114-43-64(65(98)27-28-72(83)105)96-76(109)53(25-19-29-89-81(84)85)35-68(101)62(33-52-23-17-14-18-24-52)94-79(112)58(48(7)8)39-70(103)60(26-20-30-90-82(86)87)93-80(113)63(41-74(107)108)95-77(110)55(36-66(59)99)34-56-42-88-45-91-56/h13-18,21-24,42,45-50,53-55,57-64,75H,11-12,19-20,25-41,43-44H2,1-10H3,(H2,83,105)(H,88,91)(H,92,106)(H,93,113)(H,94,112)(H,95,110)(H,96,109)(H,97,111)(H,107,108)(H4,84,85,89)(H4,86,87,90)/t49-,50-,53+,54+,55+,57-,58-,59-,60-,61-,62-,63-,64-,75-/m0/s1. The number of aromatic nitrogens is 2. The number of carboxylic acid groups (broad SMARTS) is 1. The van der Waals surface area contributed by atoms with E-state index in [1.54, 1.807) is 102 Å². The average molecular weight is 1610 g/mol. The number of Topliss-reactive ketones (excluding diaryl/α,β-unsaturated/α-hetero) is 7. The molecule has 2 heterocycles. The van der Waals surface area contributed by atoms with Gasteiger partial charge in [-0.1, -0.05) is 143 Å². The number of carboxylic acids is 1. The van der Waals surface area contributed by atoms with Crippen molar-refractivity contribution in [1.82, 2.24) is 41.9 Å². The molecular weight excluding hydrogens is 1480 g/mol. The van der Waals surface area contributed by atoms with Gasteiger partial charge >= 0.3 is 5.97 Å². The van der Waals surface area contributed by atoms with Crippen molar-refractivity contribution in [3.05, 3.63) is 90.0 Å². The zero-order chi connectivity index (χ0) is 84.9. The van der Waals surface area contributed by atoms with Crippen molar-refractivity contribution in [3.63, 3.8) is 0 Å². The van der Waals surface area contributed by atoms with E-state index in [-0.39, 0.29) is 113 Å². The molecule has 0 unspecified atom stereocenters. The van der Waals surface area contributed by atoms with Crippen molar-refractivity contribution < 1.29 is 77.0 Å². The number of primary amides is 1. The predicted molar refractivity (Wildman–Crippen MR) is 434 cm³/mol. The van der Waals surface area contributed by atoms with E-state index >= 15 is 9.59 Å². The van der Waals surface area contributed by atoms with Crippen molar-refractivity contribution in [3.8, 4) is 0 Å². The summed E-state index contributed by atoms with van der Waals surface area (Å²) in [6.45, 7) is 17.7. The molecule has 1 aliphatic rings. The number of imidazole rings is 1. The Labute approximate surface area is 673 Å². The molecule has 1 saturated heterocycles. The molecule has 1 aliphatic heterocycles. The van der Waals surface area contributed by atoms with E-state index in [2.05, 4.69) is 51.9 Å². The minimum atomic E-state index is -1.89. The van der Waals surface area contributed by atoms with Crippen LogP contribution in [-0.4, -0.2) is 176 Å². The lowest BCUT2D eigenvalue weighted by Crippen LogP contribution is -2.54. The molecule has 628 valence electrons. The second kappa shape index (κ2) is 49.6. The zero-order valence-electron chi connectivity index (χ0n) is 67.7. The van der Waals surface area contributed by atoms with E-state index in [9.17, 15) is 67.4 Å². The van der Waals surface area contributed by atoms with Crippen LogP contribution in [0, 0.1) is 65.1 Å². The van der Waals surface area contributed by atoms with Gasteiger partial charge in [0.25, 0.3) is 0 Å². The summed E-state index contributed by atoms with van der Waals surface area (Å²) in [4.78, 5) is 232. The minimum Gasteiger partial charge on any atom is -0.481 e. The highest BCUT2D eigenvalue weighted by Gasteiger charge is 2.41. The van der Waals surface area contributed by atoms with Gasteiger partial charge in [-0.3, -0.25) is 81.9 Å². The topological polar surface area (TPSA) is 532 Å². The van der Waals surface area contributed by atoms with Crippen LogP contribution in [0.1, 0.15) is 189 Å². The number of hydrogen-bond donors (Lipinski definition) is 13. The number of carbonyl (C=O) groups excluding carboxylic acids is 14. The quantitative estimate of drug-likeness (QED) is 0.0272. The molecule has 18 N–H and O–H groups in total. The van der Waals surface area contributed by atoms with E-state index in [0.717, 1.165) is 11.8 Å². The van der Waals surface area contributed by atoms with Gasteiger partial charge in [-0.25, -0.2) is 4.98 Å². The molecule has 0 radical (unpaired) electrons.